The van der Waals surface area contributed by atoms with Crippen LogP contribution in [0.3, 0.4) is 0 Å². The van der Waals surface area contributed by atoms with E-state index in [4.69, 9.17) is 5.10 Å². The van der Waals surface area contributed by atoms with Gasteiger partial charge in [0.25, 0.3) is 0 Å². The van der Waals surface area contributed by atoms with Crippen molar-refractivity contribution in [3.05, 3.63) is 41.0 Å². The standard InChI is InChI=1S/C18H18F3N7/c19-18(20,21)14-4-5-15(23-22-14)27-8-6-11(7-9-27)17-25-24-16-10-12-2-1-3-13(12)26-28(16)17/h4-5,10-11H,1-3,6-9H2. The van der Waals surface area contributed by atoms with E-state index < -0.39 is 11.9 Å². The summed E-state index contributed by atoms with van der Waals surface area (Å²) in [4.78, 5) is 1.96. The minimum absolute atomic E-state index is 0.209. The molecular weight excluding hydrogens is 371 g/mol. The molecule has 0 amide bonds. The Kier molecular flexibility index (Phi) is 3.95. The van der Waals surface area contributed by atoms with Crippen LogP contribution >= 0.6 is 0 Å². The Morgan fingerprint density at radius 3 is 2.50 bits per heavy atom. The van der Waals surface area contributed by atoms with Crippen LogP contribution in [0.2, 0.25) is 0 Å². The third kappa shape index (κ3) is 2.96. The summed E-state index contributed by atoms with van der Waals surface area (Å²) in [5.41, 5.74) is 2.21. The van der Waals surface area contributed by atoms with Gasteiger partial charge in [0, 0.05) is 19.0 Å². The van der Waals surface area contributed by atoms with Crippen LogP contribution in [0.5, 0.6) is 0 Å². The average Bonchev–Trinajstić information content (AvgIpc) is 3.32. The predicted molar refractivity (Wildman–Crippen MR) is 94.0 cm³/mol. The van der Waals surface area contributed by atoms with Crippen LogP contribution in [0.4, 0.5) is 19.0 Å². The van der Waals surface area contributed by atoms with E-state index in [1.165, 1.54) is 11.6 Å². The summed E-state index contributed by atoms with van der Waals surface area (Å²) in [5.74, 6) is 1.54. The van der Waals surface area contributed by atoms with E-state index >= 15 is 0 Å². The summed E-state index contributed by atoms with van der Waals surface area (Å²) < 4.78 is 39.8. The van der Waals surface area contributed by atoms with Gasteiger partial charge in [0.05, 0.1) is 5.69 Å². The molecule has 4 heterocycles. The minimum Gasteiger partial charge on any atom is -0.355 e. The molecule has 0 spiro atoms. The first kappa shape index (κ1) is 17.3. The lowest BCUT2D eigenvalue weighted by Crippen LogP contribution is -2.34. The van der Waals surface area contributed by atoms with Crippen LogP contribution in [0.1, 0.15) is 48.0 Å². The van der Waals surface area contributed by atoms with E-state index in [-0.39, 0.29) is 5.92 Å². The molecule has 0 N–H and O–H groups in total. The molecule has 0 unspecified atom stereocenters. The van der Waals surface area contributed by atoms with Gasteiger partial charge in [-0.25, -0.2) is 0 Å². The Morgan fingerprint density at radius 2 is 1.79 bits per heavy atom. The first-order chi connectivity index (χ1) is 13.5. The number of nitrogens with zero attached hydrogens (tertiary/aromatic N) is 7. The van der Waals surface area contributed by atoms with E-state index in [2.05, 4.69) is 26.5 Å². The number of aryl methyl sites for hydroxylation is 2. The molecule has 1 fully saturated rings. The Balaban J connectivity index is 1.32. The van der Waals surface area contributed by atoms with Crippen LogP contribution in [-0.4, -0.2) is 43.1 Å². The number of anilines is 1. The van der Waals surface area contributed by atoms with Gasteiger partial charge in [-0.2, -0.15) is 22.8 Å². The van der Waals surface area contributed by atoms with Crippen molar-refractivity contribution in [3.8, 4) is 0 Å². The molecule has 1 aliphatic heterocycles. The molecule has 1 saturated heterocycles. The Labute approximate surface area is 158 Å². The lowest BCUT2D eigenvalue weighted by Gasteiger charge is -2.31. The zero-order valence-corrected chi connectivity index (χ0v) is 15.0. The number of rotatable bonds is 2. The van der Waals surface area contributed by atoms with E-state index in [1.807, 2.05) is 9.42 Å². The van der Waals surface area contributed by atoms with E-state index in [9.17, 15) is 13.2 Å². The fourth-order valence-corrected chi connectivity index (χ4v) is 4.06. The molecule has 28 heavy (non-hydrogen) atoms. The number of aromatic nitrogens is 6. The van der Waals surface area contributed by atoms with Crippen molar-refractivity contribution in [2.24, 2.45) is 0 Å². The maximum atomic E-state index is 12.6. The smallest absolute Gasteiger partial charge is 0.355 e. The first-order valence-electron chi connectivity index (χ1n) is 9.39. The van der Waals surface area contributed by atoms with Crippen molar-refractivity contribution in [2.75, 3.05) is 18.0 Å². The number of hydrogen-bond acceptors (Lipinski definition) is 6. The van der Waals surface area contributed by atoms with Gasteiger partial charge in [-0.15, -0.1) is 20.4 Å². The second-order valence-corrected chi connectivity index (χ2v) is 7.33. The molecular formula is C18H18F3N7. The first-order valence-corrected chi connectivity index (χ1v) is 9.39. The predicted octanol–water partition coefficient (Wildman–Crippen LogP) is 2.81. The van der Waals surface area contributed by atoms with Crippen molar-refractivity contribution >= 4 is 11.5 Å². The van der Waals surface area contributed by atoms with E-state index in [0.717, 1.165) is 55.3 Å². The van der Waals surface area contributed by atoms with Gasteiger partial charge < -0.3 is 4.90 Å². The monoisotopic (exact) mass is 389 g/mol. The fraction of sp³-hybridized carbons (Fsp3) is 0.500. The topological polar surface area (TPSA) is 72.1 Å². The molecule has 0 saturated carbocycles. The van der Waals surface area contributed by atoms with Crippen molar-refractivity contribution in [1.82, 2.24) is 30.0 Å². The lowest BCUT2D eigenvalue weighted by atomic mass is 9.96. The summed E-state index contributed by atoms with van der Waals surface area (Å²) in [6.07, 6.45) is 0.317. The van der Waals surface area contributed by atoms with Gasteiger partial charge >= 0.3 is 6.18 Å². The highest BCUT2D eigenvalue weighted by Gasteiger charge is 2.33. The van der Waals surface area contributed by atoms with Crippen molar-refractivity contribution in [3.63, 3.8) is 0 Å². The zero-order chi connectivity index (χ0) is 19.3. The van der Waals surface area contributed by atoms with Gasteiger partial charge in [0.15, 0.2) is 23.0 Å². The molecule has 1 aliphatic carbocycles. The molecule has 3 aromatic heterocycles. The van der Waals surface area contributed by atoms with Crippen LogP contribution in [0, 0.1) is 0 Å². The largest absolute Gasteiger partial charge is 0.435 e. The van der Waals surface area contributed by atoms with Crippen LogP contribution in [-0.2, 0) is 19.0 Å². The van der Waals surface area contributed by atoms with Gasteiger partial charge in [-0.05, 0) is 55.9 Å². The highest BCUT2D eigenvalue weighted by atomic mass is 19.4. The van der Waals surface area contributed by atoms with Gasteiger partial charge in [0.2, 0.25) is 0 Å². The van der Waals surface area contributed by atoms with Crippen LogP contribution in [0.25, 0.3) is 5.65 Å². The summed E-state index contributed by atoms with van der Waals surface area (Å²) >= 11 is 0. The third-order valence-electron chi connectivity index (χ3n) is 5.57. The minimum atomic E-state index is -4.47. The Hall–Kier alpha value is -2.78. The summed E-state index contributed by atoms with van der Waals surface area (Å²) in [6.45, 7) is 1.34. The third-order valence-corrected chi connectivity index (χ3v) is 5.57. The van der Waals surface area contributed by atoms with Crippen molar-refractivity contribution < 1.29 is 13.2 Å². The highest BCUT2D eigenvalue weighted by Crippen LogP contribution is 2.31. The van der Waals surface area contributed by atoms with E-state index in [1.54, 1.807) is 0 Å². The maximum absolute atomic E-state index is 12.6. The molecule has 0 aromatic carbocycles. The van der Waals surface area contributed by atoms with Crippen molar-refractivity contribution in [1.29, 1.82) is 0 Å². The number of alkyl halides is 3. The zero-order valence-electron chi connectivity index (χ0n) is 15.0. The summed E-state index contributed by atoms with van der Waals surface area (Å²) in [7, 11) is 0. The normalized spacial score (nSPS) is 18.0. The summed E-state index contributed by atoms with van der Waals surface area (Å²) in [6, 6.07) is 4.44. The molecule has 5 rings (SSSR count). The van der Waals surface area contributed by atoms with Gasteiger partial charge in [0.1, 0.15) is 0 Å². The van der Waals surface area contributed by atoms with Crippen molar-refractivity contribution in [2.45, 2.75) is 44.2 Å². The number of halogens is 3. The Morgan fingerprint density at radius 1 is 0.964 bits per heavy atom. The summed E-state index contributed by atoms with van der Waals surface area (Å²) in [5, 5.41) is 20.5. The fourth-order valence-electron chi connectivity index (χ4n) is 4.06. The molecule has 0 radical (unpaired) electrons. The lowest BCUT2D eigenvalue weighted by molar-refractivity contribution is -0.141. The SMILES string of the molecule is FC(F)(F)c1ccc(N2CCC(c3nnc4cc5c(nn34)CCC5)CC2)nn1. The van der Waals surface area contributed by atoms with Crippen LogP contribution < -0.4 is 4.90 Å². The highest BCUT2D eigenvalue weighted by molar-refractivity contribution is 5.43. The van der Waals surface area contributed by atoms with Gasteiger partial charge in [-0.3, -0.25) is 0 Å². The van der Waals surface area contributed by atoms with Crippen LogP contribution in [0.15, 0.2) is 18.2 Å². The van der Waals surface area contributed by atoms with E-state index in [0.29, 0.717) is 18.9 Å². The molecule has 7 nitrogen and oxygen atoms in total. The number of fused-ring (bicyclic) bond motifs is 2. The number of hydrogen-bond donors (Lipinski definition) is 0. The molecule has 2 aliphatic rings. The number of piperidine rings is 1. The molecule has 3 aromatic rings. The second-order valence-electron chi connectivity index (χ2n) is 7.33. The molecule has 0 bridgehead atoms. The second kappa shape index (κ2) is 6.39. The maximum Gasteiger partial charge on any atom is 0.435 e. The molecule has 10 heteroatoms. The molecule has 0 atom stereocenters. The molecule has 146 valence electrons. The quantitative estimate of drug-likeness (QED) is 0.671. The van der Waals surface area contributed by atoms with Gasteiger partial charge in [-0.1, -0.05) is 0 Å². The Bertz CT molecular complexity index is 1000. The average molecular weight is 389 g/mol.